The maximum absolute atomic E-state index is 6.51. The fourth-order valence-electron chi connectivity index (χ4n) is 24.7. The normalized spacial score (nSPS) is 12.1. The van der Waals surface area contributed by atoms with Gasteiger partial charge in [0.1, 0.15) is 22.3 Å². The lowest BCUT2D eigenvalue weighted by Crippen LogP contribution is -1.97. The van der Waals surface area contributed by atoms with Gasteiger partial charge in [0.2, 0.25) is 0 Å². The van der Waals surface area contributed by atoms with Crippen LogP contribution in [0.2, 0.25) is 0 Å². The Kier molecular flexibility index (Phi) is 18.3. The predicted molar refractivity (Wildman–Crippen MR) is 622 cm³/mol. The van der Waals surface area contributed by atoms with Crippen molar-refractivity contribution in [2.45, 2.75) is 0 Å². The Morgan fingerprint density at radius 2 is 0.381 bits per heavy atom. The first-order valence-electron chi connectivity index (χ1n) is 50.3. The smallest absolute Gasteiger partial charge is 0.143 e. The molecule has 24 aromatic carbocycles. The summed E-state index contributed by atoms with van der Waals surface area (Å²) >= 11 is 1.89. The minimum absolute atomic E-state index is 0.912. The lowest BCUT2D eigenvalue weighted by Gasteiger charge is -2.15. The molecule has 0 saturated carbocycles. The van der Waals surface area contributed by atoms with E-state index in [-0.39, 0.29) is 0 Å². The van der Waals surface area contributed by atoms with Gasteiger partial charge >= 0.3 is 0 Å². The predicted octanol–water partition coefficient (Wildman–Crippen LogP) is 38.3. The first-order valence-corrected chi connectivity index (χ1v) is 51.2. The molecule has 0 aliphatic rings. The van der Waals surface area contributed by atoms with E-state index in [1.807, 2.05) is 23.5 Å². The van der Waals surface area contributed by atoms with Gasteiger partial charge in [-0.3, -0.25) is 0 Å². The molecule has 0 radical (unpaired) electrons. The molecule has 0 unspecified atom stereocenters. The highest BCUT2D eigenvalue weighted by Gasteiger charge is 2.28. The summed E-state index contributed by atoms with van der Waals surface area (Å²) in [5.74, 6) is 0. The highest BCUT2D eigenvalue weighted by molar-refractivity contribution is 7.26. The molecule has 0 bridgehead atoms. The SMILES string of the molecule is c1ccc(-n2c3ccccc3c3cc4c5ccccc5n(-c5ccc(-c6cccc7c6oc6ccccc67)c6ccccc56)c4cc32)cc1.c1ccc(-n2c3ccccc3c3cc4c5ccccc5n(-c5ccc(-c6cccc7c6oc6ccccc67)c6ccccc56)c4cc32)cc1.c1ccc(-n2c3ccccc3c3cc4c5ccccc5n(-c5ccc(-c6cccc7c6sc6ccccc67)c6ccccc56)c4cc32)cc1. The van der Waals surface area contributed by atoms with Crippen LogP contribution in [0.3, 0.4) is 0 Å². The monoisotopic (exact) mass is 1890 g/mol. The van der Waals surface area contributed by atoms with Crippen LogP contribution in [0, 0.1) is 0 Å². The van der Waals surface area contributed by atoms with E-state index < -0.39 is 0 Å². The van der Waals surface area contributed by atoms with Crippen molar-refractivity contribution >= 4 is 239 Å². The van der Waals surface area contributed by atoms with Gasteiger partial charge in [0.25, 0.3) is 0 Å². The quantitative estimate of drug-likeness (QED) is 0.145. The number of para-hydroxylation sites is 13. The van der Waals surface area contributed by atoms with E-state index in [9.17, 15) is 0 Å². The summed E-state index contributed by atoms with van der Waals surface area (Å²) in [6.07, 6.45) is 0. The largest absolute Gasteiger partial charge is 0.455 e. The van der Waals surface area contributed by atoms with Crippen LogP contribution in [0.1, 0.15) is 0 Å². The molecule has 0 spiro atoms. The van der Waals surface area contributed by atoms with E-state index in [0.29, 0.717) is 0 Å². The number of fused-ring (bicyclic) bond motifs is 30. The van der Waals surface area contributed by atoms with Gasteiger partial charge < -0.3 is 36.2 Å². The van der Waals surface area contributed by atoms with Gasteiger partial charge in [-0.1, -0.05) is 364 Å². The van der Waals surface area contributed by atoms with Crippen molar-refractivity contribution in [3.63, 3.8) is 0 Å². The topological polar surface area (TPSA) is 55.9 Å². The summed E-state index contributed by atoms with van der Waals surface area (Å²) in [5, 5.41) is 29.6. The molecular formula is C138H84N6O2S. The number of rotatable bonds is 9. The summed E-state index contributed by atoms with van der Waals surface area (Å²) in [5.41, 5.74) is 32.2. The number of hydrogen-bond donors (Lipinski definition) is 0. The minimum Gasteiger partial charge on any atom is -0.455 e. The summed E-state index contributed by atoms with van der Waals surface area (Å²) in [6.45, 7) is 0. The van der Waals surface area contributed by atoms with Gasteiger partial charge in [-0.2, -0.15) is 0 Å². The van der Waals surface area contributed by atoms with Crippen molar-refractivity contribution in [1.82, 2.24) is 27.4 Å². The fourth-order valence-corrected chi connectivity index (χ4v) is 25.9. The zero-order valence-electron chi connectivity index (χ0n) is 79.4. The molecule has 0 saturated heterocycles. The zero-order chi connectivity index (χ0) is 96.2. The highest BCUT2D eigenvalue weighted by Crippen LogP contribution is 2.51. The van der Waals surface area contributed by atoms with E-state index >= 15 is 0 Å². The van der Waals surface area contributed by atoms with Gasteiger partial charge in [0.05, 0.1) is 83.3 Å². The molecule has 0 fully saturated rings. The Bertz CT molecular complexity index is 10300. The lowest BCUT2D eigenvalue weighted by atomic mass is 9.95. The van der Waals surface area contributed by atoms with Crippen molar-refractivity contribution < 1.29 is 8.83 Å². The molecule has 0 N–H and O–H groups in total. The Hall–Kier alpha value is -19.3. The molecule has 8 nitrogen and oxygen atoms in total. The Balaban J connectivity index is 0.0000000999. The van der Waals surface area contributed by atoms with Crippen LogP contribution in [0.15, 0.2) is 518 Å². The maximum Gasteiger partial charge on any atom is 0.143 e. The fraction of sp³-hybridized carbons (Fsp3) is 0. The van der Waals surface area contributed by atoms with Crippen LogP contribution in [-0.4, -0.2) is 27.4 Å². The molecule has 0 aliphatic carbocycles. The third kappa shape index (κ3) is 12.5. The number of aromatic nitrogens is 6. The van der Waals surface area contributed by atoms with Crippen LogP contribution in [-0.2, 0) is 0 Å². The maximum atomic E-state index is 6.51. The number of benzene rings is 24. The molecule has 33 aromatic rings. The molecule has 9 heteroatoms. The average Bonchev–Trinajstić information content (AvgIpc) is 1.56. The molecule has 147 heavy (non-hydrogen) atoms. The highest BCUT2D eigenvalue weighted by atomic mass is 32.1. The van der Waals surface area contributed by atoms with Gasteiger partial charge in [-0.05, 0) is 178 Å². The second-order valence-electron chi connectivity index (χ2n) is 38.7. The zero-order valence-corrected chi connectivity index (χ0v) is 80.2. The van der Waals surface area contributed by atoms with E-state index in [0.717, 1.165) is 88.9 Å². The van der Waals surface area contributed by atoms with E-state index in [1.54, 1.807) is 0 Å². The van der Waals surface area contributed by atoms with E-state index in [1.165, 1.54) is 206 Å². The third-order valence-corrected chi connectivity index (χ3v) is 32.2. The average molecular weight is 1890 g/mol. The summed E-state index contributed by atoms with van der Waals surface area (Å²) < 4.78 is 30.3. The Labute approximate surface area is 845 Å². The number of hydrogen-bond acceptors (Lipinski definition) is 3. The number of furan rings is 2. The molecule has 33 rings (SSSR count). The van der Waals surface area contributed by atoms with Crippen LogP contribution >= 0.6 is 11.3 Å². The Morgan fingerprint density at radius 1 is 0.136 bits per heavy atom. The number of nitrogens with zero attached hydrogens (tertiary/aromatic N) is 6. The van der Waals surface area contributed by atoms with Crippen molar-refractivity contribution in [1.29, 1.82) is 0 Å². The molecule has 684 valence electrons. The van der Waals surface area contributed by atoms with Crippen LogP contribution in [0.25, 0.3) is 295 Å². The third-order valence-electron chi connectivity index (χ3n) is 31.0. The summed E-state index contributed by atoms with van der Waals surface area (Å²) in [7, 11) is 0. The molecule has 0 amide bonds. The summed E-state index contributed by atoms with van der Waals surface area (Å²) in [4.78, 5) is 0. The van der Waals surface area contributed by atoms with Crippen molar-refractivity contribution in [3.05, 3.63) is 510 Å². The van der Waals surface area contributed by atoms with Gasteiger partial charge in [-0.25, -0.2) is 0 Å². The molecular weight excluding hydrogens is 1810 g/mol. The van der Waals surface area contributed by atoms with E-state index in [4.69, 9.17) is 8.83 Å². The molecule has 0 atom stereocenters. The van der Waals surface area contributed by atoms with Crippen LogP contribution in [0.5, 0.6) is 0 Å². The molecule has 9 heterocycles. The standard InChI is InChI=1S/2C46H28N2O.C46H28N2S/c3*1-2-13-29(14-3-1)47-40-22-9-6-17-33(40)38-27-39-34-18-7-10-23-41(34)48(44(39)28-43(38)47)42-26-25-31(30-15-4-5-16-32(30)42)36-20-12-21-37-35-19-8-11-24-45(35)49-46(36)37/h3*1-28H. The van der Waals surface area contributed by atoms with Crippen molar-refractivity contribution in [2.24, 2.45) is 0 Å². The second kappa shape index (κ2) is 32.6. The molecule has 0 aliphatic heterocycles. The Morgan fingerprint density at radius 3 is 0.721 bits per heavy atom. The summed E-state index contributed by atoms with van der Waals surface area (Å²) in [6, 6.07) is 185. The van der Waals surface area contributed by atoms with Crippen molar-refractivity contribution in [2.75, 3.05) is 0 Å². The van der Waals surface area contributed by atoms with Gasteiger partial charge in [0.15, 0.2) is 0 Å². The molecule has 9 aromatic heterocycles. The van der Waals surface area contributed by atoms with Gasteiger partial charge in [0, 0.05) is 156 Å². The first kappa shape index (κ1) is 82.4. The van der Waals surface area contributed by atoms with Gasteiger partial charge in [-0.15, -0.1) is 11.3 Å². The minimum atomic E-state index is 0.912. The number of thiophene rings is 1. The van der Waals surface area contributed by atoms with Crippen LogP contribution in [0.4, 0.5) is 0 Å². The lowest BCUT2D eigenvalue weighted by molar-refractivity contribution is 0.669. The van der Waals surface area contributed by atoms with Crippen LogP contribution < -0.4 is 0 Å². The first-order chi connectivity index (χ1) is 73.0. The second-order valence-corrected chi connectivity index (χ2v) is 39.7. The van der Waals surface area contributed by atoms with Crippen molar-refractivity contribution in [3.8, 4) is 67.5 Å². The van der Waals surface area contributed by atoms with E-state index in [2.05, 4.69) is 525 Å².